The smallest absolute Gasteiger partial charge is 0.322 e. The Labute approximate surface area is 262 Å². The highest BCUT2D eigenvalue weighted by Gasteiger charge is 2.19. The molecular formula is C34H41F2N5O4. The van der Waals surface area contributed by atoms with E-state index in [-0.39, 0.29) is 29.5 Å². The van der Waals surface area contributed by atoms with Crippen molar-refractivity contribution < 1.29 is 27.9 Å². The Bertz CT molecular complexity index is 1450. The summed E-state index contributed by atoms with van der Waals surface area (Å²) in [7, 11) is 0. The van der Waals surface area contributed by atoms with Gasteiger partial charge in [0.05, 0.1) is 24.6 Å². The molecule has 4 rings (SSSR count). The zero-order valence-corrected chi connectivity index (χ0v) is 26.0. The van der Waals surface area contributed by atoms with Gasteiger partial charge in [-0.05, 0) is 53.8 Å². The number of hydrogen-bond donors (Lipinski definition) is 3. The number of amides is 4. The second kappa shape index (κ2) is 15.6. The number of carbonyl (C=O) groups excluding carboxylic acids is 3. The fraction of sp³-hybridized carbons (Fsp3) is 0.382. The first-order valence-corrected chi connectivity index (χ1v) is 15.1. The topological polar surface area (TPSA) is 103 Å². The molecule has 0 saturated carbocycles. The van der Waals surface area contributed by atoms with Crippen LogP contribution in [0.3, 0.4) is 0 Å². The molecule has 1 fully saturated rings. The minimum atomic E-state index is -0.784. The van der Waals surface area contributed by atoms with Gasteiger partial charge in [0.25, 0.3) is 5.91 Å². The Hall–Kier alpha value is -4.35. The summed E-state index contributed by atoms with van der Waals surface area (Å²) < 4.78 is 32.9. The lowest BCUT2D eigenvalue weighted by atomic mass is 9.92. The number of nitrogens with zero attached hydrogens (tertiary/aromatic N) is 2. The Kier molecular flexibility index (Phi) is 11.6. The molecule has 1 heterocycles. The van der Waals surface area contributed by atoms with E-state index in [1.807, 2.05) is 20.8 Å². The van der Waals surface area contributed by atoms with Gasteiger partial charge in [0, 0.05) is 56.5 Å². The van der Waals surface area contributed by atoms with Crippen LogP contribution < -0.4 is 16.0 Å². The molecule has 0 unspecified atom stereocenters. The molecule has 1 saturated heterocycles. The molecule has 0 aliphatic carbocycles. The molecule has 9 nitrogen and oxygen atoms in total. The molecule has 0 spiro atoms. The maximum Gasteiger partial charge on any atom is 0.322 e. The highest BCUT2D eigenvalue weighted by Crippen LogP contribution is 2.25. The SMILES string of the molecule is CC(C)(C)CC(=O)Nc1ccccc1NC(=O)c1ccc(CN(CCCN2CCOCC2)C(=O)Nc2cc(F)cc(F)c2)cc1. The van der Waals surface area contributed by atoms with Crippen molar-refractivity contribution in [2.24, 2.45) is 5.41 Å². The van der Waals surface area contributed by atoms with Crippen LogP contribution in [0.15, 0.2) is 66.7 Å². The number of halogens is 2. The van der Waals surface area contributed by atoms with Crippen LogP contribution in [0.2, 0.25) is 0 Å². The molecule has 0 radical (unpaired) electrons. The Morgan fingerprint density at radius 1 is 0.867 bits per heavy atom. The third-order valence-corrected chi connectivity index (χ3v) is 7.14. The second-order valence-electron chi connectivity index (χ2n) is 12.3. The molecule has 11 heteroatoms. The average molecular weight is 622 g/mol. The van der Waals surface area contributed by atoms with Crippen molar-refractivity contribution in [1.82, 2.24) is 9.80 Å². The van der Waals surface area contributed by atoms with Crippen LogP contribution in [0, 0.1) is 17.0 Å². The lowest BCUT2D eigenvalue weighted by molar-refractivity contribution is -0.117. The third kappa shape index (κ3) is 10.9. The number of benzene rings is 3. The summed E-state index contributed by atoms with van der Waals surface area (Å²) in [4.78, 5) is 42.7. The Morgan fingerprint density at radius 3 is 2.11 bits per heavy atom. The molecule has 3 aromatic carbocycles. The molecule has 3 aromatic rings. The highest BCUT2D eigenvalue weighted by molar-refractivity contribution is 6.07. The minimum Gasteiger partial charge on any atom is -0.379 e. The van der Waals surface area contributed by atoms with Crippen LogP contribution in [0.1, 0.15) is 49.5 Å². The van der Waals surface area contributed by atoms with Gasteiger partial charge >= 0.3 is 6.03 Å². The van der Waals surface area contributed by atoms with Gasteiger partial charge in [0.2, 0.25) is 5.91 Å². The van der Waals surface area contributed by atoms with Gasteiger partial charge in [-0.3, -0.25) is 14.5 Å². The van der Waals surface area contributed by atoms with Crippen molar-refractivity contribution >= 4 is 34.9 Å². The molecular weight excluding hydrogens is 580 g/mol. The van der Waals surface area contributed by atoms with Crippen molar-refractivity contribution in [2.45, 2.75) is 40.2 Å². The van der Waals surface area contributed by atoms with E-state index >= 15 is 0 Å². The molecule has 0 bridgehead atoms. The fourth-order valence-electron chi connectivity index (χ4n) is 4.94. The summed E-state index contributed by atoms with van der Waals surface area (Å²) in [5, 5.41) is 8.34. The fourth-order valence-corrected chi connectivity index (χ4v) is 4.94. The van der Waals surface area contributed by atoms with Crippen LogP contribution in [0.4, 0.5) is 30.6 Å². The monoisotopic (exact) mass is 621 g/mol. The van der Waals surface area contributed by atoms with Crippen molar-refractivity contribution in [2.75, 3.05) is 55.3 Å². The van der Waals surface area contributed by atoms with Crippen molar-refractivity contribution in [3.8, 4) is 0 Å². The van der Waals surface area contributed by atoms with Gasteiger partial charge in [0.1, 0.15) is 11.6 Å². The standard InChI is InChI=1S/C34H41F2N5O4/c1-34(2,3)22-31(42)38-29-7-4-5-8-30(29)39-32(43)25-11-9-24(10-12-25)23-41(14-6-13-40-15-17-45-18-16-40)33(44)37-28-20-26(35)19-27(36)21-28/h4-5,7-12,19-21H,6,13-18,22-23H2,1-3H3,(H,37,44)(H,38,42)(H,39,43). The number of morpholine rings is 1. The van der Waals surface area contributed by atoms with E-state index in [1.54, 1.807) is 53.4 Å². The number of carbonyl (C=O) groups is 3. The first kappa shape index (κ1) is 33.5. The number of para-hydroxylation sites is 2. The molecule has 45 heavy (non-hydrogen) atoms. The van der Waals surface area contributed by atoms with E-state index in [0.29, 0.717) is 49.5 Å². The molecule has 0 atom stereocenters. The predicted octanol–water partition coefficient (Wildman–Crippen LogP) is 6.35. The van der Waals surface area contributed by atoms with E-state index in [1.165, 1.54) is 0 Å². The highest BCUT2D eigenvalue weighted by atomic mass is 19.1. The summed E-state index contributed by atoms with van der Waals surface area (Å²) in [6.45, 7) is 10.3. The van der Waals surface area contributed by atoms with Gasteiger partial charge in [-0.1, -0.05) is 45.0 Å². The van der Waals surface area contributed by atoms with Crippen LogP contribution >= 0.6 is 0 Å². The maximum atomic E-state index is 13.7. The van der Waals surface area contributed by atoms with Crippen LogP contribution in [0.5, 0.6) is 0 Å². The van der Waals surface area contributed by atoms with Crippen molar-refractivity contribution in [1.29, 1.82) is 0 Å². The molecule has 0 aromatic heterocycles. The quantitative estimate of drug-likeness (QED) is 0.232. The van der Waals surface area contributed by atoms with E-state index in [9.17, 15) is 23.2 Å². The summed E-state index contributed by atoms with van der Waals surface area (Å²) in [6.07, 6.45) is 1.02. The predicted molar refractivity (Wildman–Crippen MR) is 171 cm³/mol. The number of anilines is 3. The Morgan fingerprint density at radius 2 is 1.49 bits per heavy atom. The van der Waals surface area contributed by atoms with Gasteiger partial charge in [-0.15, -0.1) is 0 Å². The van der Waals surface area contributed by atoms with Crippen molar-refractivity contribution in [3.05, 3.63) is 89.5 Å². The zero-order chi connectivity index (χ0) is 32.4. The van der Waals surface area contributed by atoms with Gasteiger partial charge < -0.3 is 25.6 Å². The van der Waals surface area contributed by atoms with E-state index in [2.05, 4.69) is 20.9 Å². The van der Waals surface area contributed by atoms with Crippen LogP contribution in [-0.4, -0.2) is 67.0 Å². The minimum absolute atomic E-state index is 0.0255. The van der Waals surface area contributed by atoms with E-state index in [0.717, 1.165) is 43.4 Å². The normalized spacial score (nSPS) is 13.6. The van der Waals surface area contributed by atoms with Gasteiger partial charge in [-0.25, -0.2) is 13.6 Å². The average Bonchev–Trinajstić information content (AvgIpc) is 2.97. The number of ether oxygens (including phenoxy) is 1. The number of urea groups is 1. The van der Waals surface area contributed by atoms with Crippen LogP contribution in [-0.2, 0) is 16.1 Å². The Balaban J connectivity index is 1.41. The van der Waals surface area contributed by atoms with Gasteiger partial charge in [0.15, 0.2) is 0 Å². The van der Waals surface area contributed by atoms with Gasteiger partial charge in [-0.2, -0.15) is 0 Å². The summed E-state index contributed by atoms with van der Waals surface area (Å²) in [5.74, 6) is -2.07. The lowest BCUT2D eigenvalue weighted by Crippen LogP contribution is -2.40. The van der Waals surface area contributed by atoms with Crippen molar-refractivity contribution in [3.63, 3.8) is 0 Å². The summed E-state index contributed by atoms with van der Waals surface area (Å²) >= 11 is 0. The van der Waals surface area contributed by atoms with Crippen LogP contribution in [0.25, 0.3) is 0 Å². The summed E-state index contributed by atoms with van der Waals surface area (Å²) in [5.41, 5.74) is 2.00. The summed E-state index contributed by atoms with van der Waals surface area (Å²) in [6, 6.07) is 16.2. The largest absolute Gasteiger partial charge is 0.379 e. The third-order valence-electron chi connectivity index (χ3n) is 7.14. The van der Waals surface area contributed by atoms with E-state index < -0.39 is 17.7 Å². The second-order valence-corrected chi connectivity index (χ2v) is 12.3. The molecule has 1 aliphatic heterocycles. The lowest BCUT2D eigenvalue weighted by Gasteiger charge is -2.28. The molecule has 1 aliphatic rings. The zero-order valence-electron chi connectivity index (χ0n) is 26.0. The molecule has 240 valence electrons. The maximum absolute atomic E-state index is 13.7. The first-order chi connectivity index (χ1) is 21.4. The first-order valence-electron chi connectivity index (χ1n) is 15.1. The van der Waals surface area contributed by atoms with E-state index in [4.69, 9.17) is 4.74 Å². The molecule has 4 amide bonds. The number of nitrogens with one attached hydrogen (secondary N) is 3. The number of hydrogen-bond acceptors (Lipinski definition) is 5. The molecule has 3 N–H and O–H groups in total. The number of rotatable bonds is 11.